The number of fused-ring (bicyclic) bond motifs is 1. The second-order valence-electron chi connectivity index (χ2n) is 7.94. The van der Waals surface area contributed by atoms with Gasteiger partial charge in [0.2, 0.25) is 0 Å². The van der Waals surface area contributed by atoms with E-state index in [1.807, 2.05) is 13.8 Å². The van der Waals surface area contributed by atoms with Crippen LogP contribution in [0.2, 0.25) is 0 Å². The molecule has 3 heterocycles. The van der Waals surface area contributed by atoms with Gasteiger partial charge in [-0.05, 0) is 63.0 Å². The summed E-state index contributed by atoms with van der Waals surface area (Å²) in [5.41, 5.74) is 5.04. The number of aromatic amines is 1. The SMILES string of the molecule is C1COC2(C1)CCNCC2.CC.N#Cc1c(N)ccc(F)c1Oc1ccc2nc[nH]c(=O)c2c1F. The Kier molecular flexibility index (Phi) is 8.73. The third-order valence-corrected chi connectivity index (χ3v) is 5.88. The van der Waals surface area contributed by atoms with Gasteiger partial charge in [-0.3, -0.25) is 4.79 Å². The van der Waals surface area contributed by atoms with Crippen LogP contribution < -0.4 is 21.3 Å². The van der Waals surface area contributed by atoms with Crippen molar-refractivity contribution in [3.8, 4) is 17.6 Å². The molecule has 186 valence electrons. The Labute approximate surface area is 202 Å². The molecule has 2 aromatic carbocycles. The Morgan fingerprint density at radius 1 is 1.17 bits per heavy atom. The third-order valence-electron chi connectivity index (χ3n) is 5.88. The second-order valence-corrected chi connectivity index (χ2v) is 7.94. The van der Waals surface area contributed by atoms with Gasteiger partial charge in [-0.15, -0.1) is 0 Å². The first kappa shape index (κ1) is 26.1. The number of nitrogens with zero attached hydrogens (tertiary/aromatic N) is 2. The molecular weight excluding hydrogens is 456 g/mol. The first-order valence-electron chi connectivity index (χ1n) is 11.6. The average molecular weight is 486 g/mol. The van der Waals surface area contributed by atoms with Crippen LogP contribution in [-0.4, -0.2) is 35.3 Å². The maximum absolute atomic E-state index is 14.5. The van der Waals surface area contributed by atoms with E-state index in [0.717, 1.165) is 32.1 Å². The topological polar surface area (TPSA) is 126 Å². The molecule has 0 unspecified atom stereocenters. The van der Waals surface area contributed by atoms with Crippen LogP contribution in [0.4, 0.5) is 14.5 Å². The normalized spacial score (nSPS) is 16.0. The summed E-state index contributed by atoms with van der Waals surface area (Å²) in [4.78, 5) is 17.8. The van der Waals surface area contributed by atoms with Crippen LogP contribution in [0.3, 0.4) is 0 Å². The van der Waals surface area contributed by atoms with E-state index >= 15 is 0 Å². The molecule has 2 aliphatic rings. The van der Waals surface area contributed by atoms with Crippen LogP contribution in [0.5, 0.6) is 11.5 Å². The summed E-state index contributed by atoms with van der Waals surface area (Å²) in [6, 6.07) is 6.43. The summed E-state index contributed by atoms with van der Waals surface area (Å²) in [6.07, 6.45) is 6.17. The maximum atomic E-state index is 14.5. The van der Waals surface area contributed by atoms with Crippen LogP contribution in [0.25, 0.3) is 10.9 Å². The highest BCUT2D eigenvalue weighted by molar-refractivity contribution is 5.80. The lowest BCUT2D eigenvalue weighted by Crippen LogP contribution is -2.41. The van der Waals surface area contributed by atoms with Gasteiger partial charge in [-0.2, -0.15) is 5.26 Å². The van der Waals surface area contributed by atoms with Crippen molar-refractivity contribution in [2.24, 2.45) is 0 Å². The smallest absolute Gasteiger partial charge is 0.261 e. The molecular formula is C25H29F2N5O3. The van der Waals surface area contributed by atoms with Crippen molar-refractivity contribution in [2.45, 2.75) is 45.1 Å². The first-order valence-corrected chi connectivity index (χ1v) is 11.6. The number of benzene rings is 2. The summed E-state index contributed by atoms with van der Waals surface area (Å²) in [6.45, 7) is 7.31. The predicted octanol–water partition coefficient (Wildman–Crippen LogP) is 4.39. The van der Waals surface area contributed by atoms with E-state index in [4.69, 9.17) is 20.5 Å². The highest BCUT2D eigenvalue weighted by atomic mass is 19.1. The monoisotopic (exact) mass is 485 g/mol. The minimum atomic E-state index is -1.01. The molecule has 0 atom stereocenters. The molecule has 0 radical (unpaired) electrons. The number of nitriles is 1. The molecule has 0 aliphatic carbocycles. The van der Waals surface area contributed by atoms with Crippen molar-refractivity contribution in [3.05, 3.63) is 58.1 Å². The lowest BCUT2D eigenvalue weighted by atomic mass is 9.90. The lowest BCUT2D eigenvalue weighted by Gasteiger charge is -2.32. The number of ether oxygens (including phenoxy) is 2. The van der Waals surface area contributed by atoms with Crippen molar-refractivity contribution in [1.29, 1.82) is 5.26 Å². The fourth-order valence-corrected chi connectivity index (χ4v) is 4.11. The molecule has 1 spiro atoms. The van der Waals surface area contributed by atoms with Crippen molar-refractivity contribution in [1.82, 2.24) is 15.3 Å². The number of aromatic nitrogens is 2. The van der Waals surface area contributed by atoms with Crippen molar-refractivity contribution < 1.29 is 18.3 Å². The molecule has 0 saturated carbocycles. The standard InChI is InChI=1S/C15H8F2N4O2.C8H15NO.C2H6/c16-8-1-2-9(19)7(5-18)14(8)23-11-4-3-10-12(13(11)17)15(22)21-6-20-10;1-2-8(10-7-1)3-5-9-6-4-8;1-2/h1-4,6H,19H2,(H,20,21,22);9H,1-7H2;1-2H3. The Hall–Kier alpha value is -3.55. The van der Waals surface area contributed by atoms with Crippen LogP contribution in [0.15, 0.2) is 35.4 Å². The van der Waals surface area contributed by atoms with E-state index in [2.05, 4.69) is 15.3 Å². The van der Waals surface area contributed by atoms with Gasteiger partial charge in [0.25, 0.3) is 5.56 Å². The number of hydrogen-bond acceptors (Lipinski definition) is 7. The van der Waals surface area contributed by atoms with Gasteiger partial charge >= 0.3 is 0 Å². The van der Waals surface area contributed by atoms with Crippen LogP contribution in [0, 0.1) is 23.0 Å². The molecule has 0 amide bonds. The fourth-order valence-electron chi connectivity index (χ4n) is 4.11. The minimum Gasteiger partial charge on any atom is -0.450 e. The highest BCUT2D eigenvalue weighted by Gasteiger charge is 2.35. The molecule has 8 nitrogen and oxygen atoms in total. The predicted molar refractivity (Wildman–Crippen MR) is 129 cm³/mol. The largest absolute Gasteiger partial charge is 0.450 e. The summed E-state index contributed by atoms with van der Waals surface area (Å²) in [5.74, 6) is -2.82. The van der Waals surface area contributed by atoms with Crippen LogP contribution in [-0.2, 0) is 4.74 Å². The average Bonchev–Trinajstić information content (AvgIpc) is 3.32. The van der Waals surface area contributed by atoms with Crippen molar-refractivity contribution in [2.75, 3.05) is 25.4 Å². The van der Waals surface area contributed by atoms with Gasteiger partial charge in [-0.25, -0.2) is 13.8 Å². The van der Waals surface area contributed by atoms with E-state index in [0.29, 0.717) is 5.60 Å². The fraction of sp³-hybridized carbons (Fsp3) is 0.400. The summed E-state index contributed by atoms with van der Waals surface area (Å²) >= 11 is 0. The quantitative estimate of drug-likeness (QED) is 0.460. The summed E-state index contributed by atoms with van der Waals surface area (Å²) in [5, 5.41) is 12.1. The molecule has 2 aliphatic heterocycles. The Morgan fingerprint density at radius 3 is 2.57 bits per heavy atom. The minimum absolute atomic E-state index is 0.00962. The van der Waals surface area contributed by atoms with E-state index < -0.39 is 28.7 Å². The maximum Gasteiger partial charge on any atom is 0.261 e. The van der Waals surface area contributed by atoms with Crippen LogP contribution >= 0.6 is 0 Å². The van der Waals surface area contributed by atoms with Gasteiger partial charge in [0.15, 0.2) is 23.1 Å². The zero-order valence-corrected chi connectivity index (χ0v) is 19.8. The number of nitrogens with one attached hydrogen (secondary N) is 2. The lowest BCUT2D eigenvalue weighted by molar-refractivity contribution is -0.0190. The van der Waals surface area contributed by atoms with Gasteiger partial charge in [0.05, 0.1) is 23.1 Å². The van der Waals surface area contributed by atoms with E-state index in [-0.39, 0.29) is 22.2 Å². The number of nitrogen functional groups attached to an aromatic ring is 1. The number of anilines is 1. The number of hydrogen-bond donors (Lipinski definition) is 3. The molecule has 2 fully saturated rings. The third kappa shape index (κ3) is 5.75. The van der Waals surface area contributed by atoms with Crippen molar-refractivity contribution >= 4 is 16.6 Å². The Morgan fingerprint density at radius 2 is 1.91 bits per heavy atom. The number of piperidine rings is 1. The van der Waals surface area contributed by atoms with Crippen LogP contribution in [0.1, 0.15) is 45.1 Å². The zero-order chi connectivity index (χ0) is 25.4. The summed E-state index contributed by atoms with van der Waals surface area (Å²) in [7, 11) is 0. The molecule has 3 aromatic rings. The Bertz CT molecular complexity index is 1260. The molecule has 2 saturated heterocycles. The van der Waals surface area contributed by atoms with E-state index in [1.165, 1.54) is 43.9 Å². The van der Waals surface area contributed by atoms with Crippen molar-refractivity contribution in [3.63, 3.8) is 0 Å². The zero-order valence-electron chi connectivity index (χ0n) is 19.8. The molecule has 10 heteroatoms. The highest BCUT2D eigenvalue weighted by Crippen LogP contribution is 2.34. The number of rotatable bonds is 2. The Balaban J connectivity index is 0.000000236. The number of halogens is 2. The molecule has 35 heavy (non-hydrogen) atoms. The van der Waals surface area contributed by atoms with E-state index in [9.17, 15) is 13.6 Å². The van der Waals surface area contributed by atoms with Gasteiger partial charge in [0.1, 0.15) is 17.0 Å². The van der Waals surface area contributed by atoms with E-state index in [1.54, 1.807) is 6.07 Å². The number of nitrogens with two attached hydrogens (primary N) is 1. The molecule has 4 N–H and O–H groups in total. The molecule has 5 rings (SSSR count). The first-order chi connectivity index (χ1) is 16.9. The second kappa shape index (κ2) is 11.7. The summed E-state index contributed by atoms with van der Waals surface area (Å²) < 4.78 is 39.3. The molecule has 1 aromatic heterocycles. The molecule has 0 bridgehead atoms. The van der Waals surface area contributed by atoms with Gasteiger partial charge in [0, 0.05) is 6.61 Å². The van der Waals surface area contributed by atoms with Gasteiger partial charge < -0.3 is 25.5 Å². The van der Waals surface area contributed by atoms with Gasteiger partial charge in [-0.1, -0.05) is 13.8 Å². The number of H-pyrrole nitrogens is 1.